The summed E-state index contributed by atoms with van der Waals surface area (Å²) in [6, 6.07) is 9.25. The molecule has 0 aliphatic carbocycles. The second kappa shape index (κ2) is 7.57. The van der Waals surface area contributed by atoms with E-state index in [-0.39, 0.29) is 0 Å². The topological polar surface area (TPSA) is 43.4 Å². The molecule has 0 saturated carbocycles. The largest absolute Gasteiger partial charge is 0.466 e. The Hall–Kier alpha value is -1.68. The lowest BCUT2D eigenvalue weighted by atomic mass is 10.4. The molecule has 3 nitrogen and oxygen atoms in total. The van der Waals surface area contributed by atoms with E-state index in [1.165, 1.54) is 13.2 Å². The van der Waals surface area contributed by atoms with Crippen molar-refractivity contribution in [2.45, 2.75) is 4.90 Å². The first kappa shape index (κ1) is 13.4. The van der Waals surface area contributed by atoms with Crippen molar-refractivity contribution in [1.29, 1.82) is 0 Å². The number of ether oxygens (including phenoxy) is 1. The summed E-state index contributed by atoms with van der Waals surface area (Å²) in [7, 11) is 0.284. The summed E-state index contributed by atoms with van der Waals surface area (Å²) >= 11 is 0. The van der Waals surface area contributed by atoms with Crippen molar-refractivity contribution in [3.05, 3.63) is 54.6 Å². The van der Waals surface area contributed by atoms with E-state index in [1.54, 1.807) is 18.2 Å². The fraction of sp³-hybridized carbons (Fsp3) is 0.154. The molecule has 17 heavy (non-hydrogen) atoms. The molecule has 0 bridgehead atoms. The van der Waals surface area contributed by atoms with Gasteiger partial charge in [0.15, 0.2) is 0 Å². The summed E-state index contributed by atoms with van der Waals surface area (Å²) in [6.07, 6.45) is 6.30. The minimum Gasteiger partial charge on any atom is -0.466 e. The number of carbonyl (C=O) groups excluding carboxylic acids is 1. The molecule has 1 rings (SSSR count). The molecule has 1 aromatic carbocycles. The average molecular weight is 250 g/mol. The fourth-order valence-electron chi connectivity index (χ4n) is 1.09. The summed E-state index contributed by atoms with van der Waals surface area (Å²) in [5.74, 6) is 0.0223. The molecular formula is C13H14O3S. The van der Waals surface area contributed by atoms with Crippen molar-refractivity contribution in [3.8, 4) is 0 Å². The predicted molar refractivity (Wildman–Crippen MR) is 68.0 cm³/mol. The molecule has 1 aromatic rings. The van der Waals surface area contributed by atoms with E-state index in [1.807, 2.05) is 30.3 Å². The van der Waals surface area contributed by atoms with Crippen LogP contribution in [0.1, 0.15) is 0 Å². The zero-order valence-corrected chi connectivity index (χ0v) is 10.4. The number of carbonyl (C=O) groups is 1. The lowest BCUT2D eigenvalue weighted by molar-refractivity contribution is -0.134. The Balaban J connectivity index is 2.41. The van der Waals surface area contributed by atoms with Gasteiger partial charge in [-0.05, 0) is 12.1 Å². The number of esters is 1. The Morgan fingerprint density at radius 3 is 2.65 bits per heavy atom. The van der Waals surface area contributed by atoms with Crippen molar-refractivity contribution in [1.82, 2.24) is 0 Å². The van der Waals surface area contributed by atoms with Crippen LogP contribution in [-0.2, 0) is 20.3 Å². The average Bonchev–Trinajstić information content (AvgIpc) is 2.38. The van der Waals surface area contributed by atoms with E-state index in [4.69, 9.17) is 0 Å². The van der Waals surface area contributed by atoms with Gasteiger partial charge in [-0.2, -0.15) is 0 Å². The third-order valence-corrected chi connectivity index (χ3v) is 3.23. The summed E-state index contributed by atoms with van der Waals surface area (Å²) in [4.78, 5) is 11.5. The first-order valence-corrected chi connectivity index (χ1v) is 6.40. The molecule has 0 fully saturated rings. The Bertz CT molecular complexity index is 435. The predicted octanol–water partition coefficient (Wildman–Crippen LogP) is 2.08. The van der Waals surface area contributed by atoms with Gasteiger partial charge in [0.2, 0.25) is 0 Å². The van der Waals surface area contributed by atoms with E-state index in [9.17, 15) is 9.00 Å². The lowest BCUT2D eigenvalue weighted by Crippen LogP contribution is -1.94. The molecule has 0 unspecified atom stereocenters. The number of benzene rings is 1. The molecule has 0 aliphatic heterocycles. The standard InChI is InChI=1S/C13H14O3S/c1-16-13(14)10-6-3-7-11-17(15)12-8-4-2-5-9-12/h2-10H,11H2,1H3/b7-3+,10-6+/t17-/m0/s1. The van der Waals surface area contributed by atoms with Crippen molar-refractivity contribution in [3.63, 3.8) is 0 Å². The third-order valence-electron chi connectivity index (χ3n) is 1.93. The van der Waals surface area contributed by atoms with Gasteiger partial charge in [0.05, 0.1) is 17.9 Å². The molecule has 4 heteroatoms. The maximum atomic E-state index is 11.7. The zero-order chi connectivity index (χ0) is 12.5. The molecular weight excluding hydrogens is 236 g/mol. The summed E-state index contributed by atoms with van der Waals surface area (Å²) in [5, 5.41) is 0. The second-order valence-electron chi connectivity index (χ2n) is 3.14. The first-order valence-electron chi connectivity index (χ1n) is 5.08. The Labute approximate surface area is 103 Å². The molecule has 0 aliphatic rings. The van der Waals surface area contributed by atoms with Gasteiger partial charge in [0.1, 0.15) is 0 Å². The minimum absolute atomic E-state index is 0.404. The molecule has 0 radical (unpaired) electrons. The van der Waals surface area contributed by atoms with Crippen LogP contribution in [0, 0.1) is 0 Å². The van der Waals surface area contributed by atoms with Crippen LogP contribution in [0.4, 0.5) is 0 Å². The highest BCUT2D eigenvalue weighted by Gasteiger charge is 1.98. The van der Waals surface area contributed by atoms with Crippen LogP contribution >= 0.6 is 0 Å². The van der Waals surface area contributed by atoms with Crippen molar-refractivity contribution < 1.29 is 13.7 Å². The monoisotopic (exact) mass is 250 g/mol. The van der Waals surface area contributed by atoms with Crippen LogP contribution in [0.3, 0.4) is 0 Å². The van der Waals surface area contributed by atoms with Crippen LogP contribution in [0.25, 0.3) is 0 Å². The smallest absolute Gasteiger partial charge is 0.330 e. The zero-order valence-electron chi connectivity index (χ0n) is 9.54. The summed E-state index contributed by atoms with van der Waals surface area (Å²) < 4.78 is 16.2. The molecule has 0 aromatic heterocycles. The highest BCUT2D eigenvalue weighted by Crippen LogP contribution is 2.05. The Kier molecular flexibility index (Phi) is 5.96. The number of hydrogen-bond donors (Lipinski definition) is 0. The van der Waals surface area contributed by atoms with E-state index >= 15 is 0 Å². The van der Waals surface area contributed by atoms with Gasteiger partial charge in [-0.15, -0.1) is 0 Å². The fourth-order valence-corrected chi connectivity index (χ4v) is 2.03. The quantitative estimate of drug-likeness (QED) is 0.456. The van der Waals surface area contributed by atoms with Gasteiger partial charge in [-0.3, -0.25) is 4.21 Å². The minimum atomic E-state index is -1.04. The van der Waals surface area contributed by atoms with Crippen LogP contribution in [-0.4, -0.2) is 23.0 Å². The summed E-state index contributed by atoms with van der Waals surface area (Å²) in [6.45, 7) is 0. The molecule has 0 amide bonds. The highest BCUT2D eigenvalue weighted by molar-refractivity contribution is 7.85. The lowest BCUT2D eigenvalue weighted by Gasteiger charge is -1.96. The SMILES string of the molecule is COC(=O)/C=C/C=C/C[S@](=O)c1ccccc1. The van der Waals surface area contributed by atoms with Gasteiger partial charge in [-0.25, -0.2) is 4.79 Å². The normalized spacial score (nSPS) is 13.0. The van der Waals surface area contributed by atoms with Gasteiger partial charge >= 0.3 is 5.97 Å². The van der Waals surface area contributed by atoms with E-state index in [2.05, 4.69) is 4.74 Å². The molecule has 0 heterocycles. The van der Waals surface area contributed by atoms with Crippen molar-refractivity contribution in [2.24, 2.45) is 0 Å². The number of allylic oxidation sites excluding steroid dienone is 2. The van der Waals surface area contributed by atoms with Crippen molar-refractivity contribution >= 4 is 16.8 Å². The van der Waals surface area contributed by atoms with Crippen LogP contribution in [0.2, 0.25) is 0 Å². The van der Waals surface area contributed by atoms with E-state index < -0.39 is 16.8 Å². The molecule has 90 valence electrons. The molecule has 0 N–H and O–H groups in total. The van der Waals surface area contributed by atoms with Crippen LogP contribution in [0.5, 0.6) is 0 Å². The van der Waals surface area contributed by atoms with Crippen LogP contribution in [0.15, 0.2) is 59.5 Å². The van der Waals surface area contributed by atoms with E-state index in [0.29, 0.717) is 5.75 Å². The Morgan fingerprint density at radius 1 is 1.29 bits per heavy atom. The molecule has 0 spiro atoms. The first-order chi connectivity index (χ1) is 8.24. The van der Waals surface area contributed by atoms with Crippen molar-refractivity contribution in [2.75, 3.05) is 12.9 Å². The van der Waals surface area contributed by atoms with Crippen LogP contribution < -0.4 is 0 Å². The van der Waals surface area contributed by atoms with Gasteiger partial charge in [0.25, 0.3) is 0 Å². The van der Waals surface area contributed by atoms with E-state index in [0.717, 1.165) is 4.90 Å². The second-order valence-corrected chi connectivity index (χ2v) is 4.63. The third kappa shape index (κ3) is 5.26. The highest BCUT2D eigenvalue weighted by atomic mass is 32.2. The number of methoxy groups -OCH3 is 1. The molecule has 1 atom stereocenters. The molecule has 0 saturated heterocycles. The van der Waals surface area contributed by atoms with Gasteiger partial charge < -0.3 is 4.74 Å². The maximum absolute atomic E-state index is 11.7. The number of rotatable bonds is 5. The van der Waals surface area contributed by atoms with Gasteiger partial charge in [-0.1, -0.05) is 36.4 Å². The number of hydrogen-bond acceptors (Lipinski definition) is 3. The maximum Gasteiger partial charge on any atom is 0.330 e. The Morgan fingerprint density at radius 2 is 2.00 bits per heavy atom. The summed E-state index contributed by atoms with van der Waals surface area (Å²) in [5.41, 5.74) is 0. The van der Waals surface area contributed by atoms with Gasteiger partial charge in [0, 0.05) is 16.7 Å².